The first kappa shape index (κ1) is 20.1. The molecular weight excluding hydrogens is 384 g/mol. The second-order valence-corrected chi connectivity index (χ2v) is 10.4. The van der Waals surface area contributed by atoms with Gasteiger partial charge in [-0.15, -0.1) is 0 Å². The van der Waals surface area contributed by atoms with Crippen LogP contribution in [0.5, 0.6) is 0 Å². The van der Waals surface area contributed by atoms with Gasteiger partial charge in [-0.1, -0.05) is 44.2 Å². The van der Waals surface area contributed by atoms with Gasteiger partial charge in [0, 0.05) is 18.8 Å². The minimum Gasteiger partial charge on any atom is -0.325 e. The summed E-state index contributed by atoms with van der Waals surface area (Å²) in [6, 6.07) is 15.4. The van der Waals surface area contributed by atoms with E-state index < -0.39 is 10.0 Å². The summed E-state index contributed by atoms with van der Waals surface area (Å²) in [5.41, 5.74) is 2.84. The molecule has 0 radical (unpaired) electrons. The van der Waals surface area contributed by atoms with Crippen molar-refractivity contribution in [1.82, 2.24) is 4.31 Å². The smallest absolute Gasteiger partial charge is 0.243 e. The zero-order chi connectivity index (χ0) is 20.6. The lowest BCUT2D eigenvalue weighted by molar-refractivity contribution is -0.117. The maximum atomic E-state index is 13.2. The van der Waals surface area contributed by atoms with Crippen LogP contribution in [-0.2, 0) is 21.2 Å². The third kappa shape index (κ3) is 3.96. The van der Waals surface area contributed by atoms with Crippen molar-refractivity contribution in [2.75, 3.05) is 18.4 Å². The Kier molecular flexibility index (Phi) is 5.49. The molecule has 0 aromatic heterocycles. The minimum atomic E-state index is -3.55. The molecule has 2 aromatic rings. The quantitative estimate of drug-likeness (QED) is 0.807. The fourth-order valence-corrected chi connectivity index (χ4v) is 6.04. The van der Waals surface area contributed by atoms with Gasteiger partial charge in [0.05, 0.1) is 10.8 Å². The molecule has 29 heavy (non-hydrogen) atoms. The van der Waals surface area contributed by atoms with Gasteiger partial charge in [-0.25, -0.2) is 8.42 Å². The van der Waals surface area contributed by atoms with Crippen LogP contribution in [0.3, 0.4) is 0 Å². The van der Waals surface area contributed by atoms with Gasteiger partial charge in [-0.3, -0.25) is 4.79 Å². The Hall–Kier alpha value is -2.18. The topological polar surface area (TPSA) is 66.5 Å². The molecule has 1 atom stereocenters. The predicted octanol–water partition coefficient (Wildman–Crippen LogP) is 4.02. The summed E-state index contributed by atoms with van der Waals surface area (Å²) in [5.74, 6) is 0.280. The van der Waals surface area contributed by atoms with E-state index in [1.165, 1.54) is 5.56 Å². The number of fused-ring (bicyclic) bond motifs is 1. The number of anilines is 1. The van der Waals surface area contributed by atoms with E-state index in [9.17, 15) is 13.2 Å². The molecule has 1 N–H and O–H groups in total. The first-order valence-electron chi connectivity index (χ1n) is 10.3. The molecular formula is C23H28N2O3S. The van der Waals surface area contributed by atoms with Crippen LogP contribution >= 0.6 is 0 Å². The fourth-order valence-electron chi connectivity index (χ4n) is 4.54. The zero-order valence-corrected chi connectivity index (χ0v) is 17.8. The zero-order valence-electron chi connectivity index (χ0n) is 17.0. The molecule has 0 aliphatic carbocycles. The summed E-state index contributed by atoms with van der Waals surface area (Å²) in [6.07, 6.45) is 2.73. The first-order chi connectivity index (χ1) is 13.9. The van der Waals surface area contributed by atoms with Gasteiger partial charge in [0.2, 0.25) is 15.9 Å². The Balaban J connectivity index is 1.48. The molecule has 1 amide bonds. The summed E-state index contributed by atoms with van der Waals surface area (Å²) in [7, 11) is -3.55. The summed E-state index contributed by atoms with van der Waals surface area (Å²) in [6.45, 7) is 5.06. The van der Waals surface area contributed by atoms with E-state index in [-0.39, 0.29) is 17.7 Å². The van der Waals surface area contributed by atoms with Crippen molar-refractivity contribution in [3.63, 3.8) is 0 Å². The predicted molar refractivity (Wildman–Crippen MR) is 114 cm³/mol. The number of hydrogen-bond donors (Lipinski definition) is 1. The largest absolute Gasteiger partial charge is 0.325 e. The third-order valence-electron chi connectivity index (χ3n) is 6.14. The lowest BCUT2D eigenvalue weighted by Gasteiger charge is -2.31. The highest BCUT2D eigenvalue weighted by Crippen LogP contribution is 2.39. The number of benzene rings is 2. The Morgan fingerprint density at radius 1 is 1.07 bits per heavy atom. The highest BCUT2D eigenvalue weighted by Gasteiger charge is 2.35. The number of nitrogens with zero attached hydrogens (tertiary/aromatic N) is 1. The molecule has 1 unspecified atom stereocenters. The molecule has 2 heterocycles. The molecule has 4 rings (SSSR count). The number of carbonyl (C=O) groups excluding carboxylic acids is 1. The third-order valence-corrected chi connectivity index (χ3v) is 8.04. The highest BCUT2D eigenvalue weighted by atomic mass is 32.2. The van der Waals surface area contributed by atoms with Crippen molar-refractivity contribution in [2.24, 2.45) is 11.8 Å². The Labute approximate surface area is 173 Å². The van der Waals surface area contributed by atoms with Crippen LogP contribution in [0, 0.1) is 11.8 Å². The monoisotopic (exact) mass is 412 g/mol. The van der Waals surface area contributed by atoms with Crippen molar-refractivity contribution in [3.8, 4) is 0 Å². The van der Waals surface area contributed by atoms with Gasteiger partial charge in [0.25, 0.3) is 0 Å². The SMILES string of the molecule is CC(C)C1C(=O)Nc2ccc(S(=O)(=O)N3CCC(Cc4ccccc4)CC3)cc21. The van der Waals surface area contributed by atoms with E-state index >= 15 is 0 Å². The van der Waals surface area contributed by atoms with Crippen LogP contribution < -0.4 is 5.32 Å². The molecule has 154 valence electrons. The second-order valence-electron chi connectivity index (χ2n) is 8.50. The van der Waals surface area contributed by atoms with E-state index in [1.54, 1.807) is 22.5 Å². The normalized spacial score (nSPS) is 20.7. The average Bonchev–Trinajstić information content (AvgIpc) is 3.04. The number of hydrogen-bond acceptors (Lipinski definition) is 3. The Bertz CT molecular complexity index is 994. The van der Waals surface area contributed by atoms with Gasteiger partial charge >= 0.3 is 0 Å². The Morgan fingerprint density at radius 3 is 2.41 bits per heavy atom. The van der Waals surface area contributed by atoms with Crippen molar-refractivity contribution >= 4 is 21.6 Å². The number of nitrogens with one attached hydrogen (secondary N) is 1. The number of carbonyl (C=O) groups is 1. The number of amides is 1. The summed E-state index contributed by atoms with van der Waals surface area (Å²) >= 11 is 0. The van der Waals surface area contributed by atoms with E-state index in [0.717, 1.165) is 30.5 Å². The van der Waals surface area contributed by atoms with Crippen LogP contribution in [0.2, 0.25) is 0 Å². The van der Waals surface area contributed by atoms with Crippen molar-refractivity contribution in [2.45, 2.75) is 43.9 Å². The molecule has 0 saturated carbocycles. The van der Waals surface area contributed by atoms with E-state index in [1.807, 2.05) is 32.0 Å². The van der Waals surface area contributed by atoms with Gasteiger partial charge < -0.3 is 5.32 Å². The maximum absolute atomic E-state index is 13.2. The van der Waals surface area contributed by atoms with E-state index in [2.05, 4.69) is 17.4 Å². The molecule has 6 heteroatoms. The molecule has 5 nitrogen and oxygen atoms in total. The summed E-state index contributed by atoms with van der Waals surface area (Å²) < 4.78 is 28.1. The lowest BCUT2D eigenvalue weighted by Crippen LogP contribution is -2.38. The fraction of sp³-hybridized carbons (Fsp3) is 0.435. The molecule has 1 fully saturated rings. The van der Waals surface area contributed by atoms with E-state index in [4.69, 9.17) is 0 Å². The highest BCUT2D eigenvalue weighted by molar-refractivity contribution is 7.89. The van der Waals surface area contributed by atoms with E-state index in [0.29, 0.717) is 23.9 Å². The molecule has 0 bridgehead atoms. The number of rotatable bonds is 5. The molecule has 2 aromatic carbocycles. The van der Waals surface area contributed by atoms with Crippen LogP contribution in [0.25, 0.3) is 0 Å². The van der Waals surface area contributed by atoms with Crippen molar-refractivity contribution < 1.29 is 13.2 Å². The standard InChI is InChI=1S/C23H28N2O3S/c1-16(2)22-20-15-19(8-9-21(20)24-23(22)26)29(27,28)25-12-10-18(11-13-25)14-17-6-4-3-5-7-17/h3-9,15-16,18,22H,10-14H2,1-2H3,(H,24,26). The minimum absolute atomic E-state index is 0.0497. The van der Waals surface area contributed by atoms with Crippen LogP contribution in [0.15, 0.2) is 53.4 Å². The molecule has 0 spiro atoms. The first-order valence-corrected chi connectivity index (χ1v) is 11.8. The lowest BCUT2D eigenvalue weighted by atomic mass is 9.90. The van der Waals surface area contributed by atoms with Gasteiger partial charge in [0.1, 0.15) is 0 Å². The molecule has 1 saturated heterocycles. The average molecular weight is 413 g/mol. The van der Waals surface area contributed by atoms with Crippen LogP contribution in [0.1, 0.15) is 43.7 Å². The van der Waals surface area contributed by atoms with Crippen LogP contribution in [-0.4, -0.2) is 31.7 Å². The van der Waals surface area contributed by atoms with Crippen molar-refractivity contribution in [1.29, 1.82) is 0 Å². The van der Waals surface area contributed by atoms with Gasteiger partial charge in [0.15, 0.2) is 0 Å². The summed E-state index contributed by atoms with van der Waals surface area (Å²) in [5, 5.41) is 2.87. The van der Waals surface area contributed by atoms with Gasteiger partial charge in [-0.05, 0) is 60.4 Å². The summed E-state index contributed by atoms with van der Waals surface area (Å²) in [4.78, 5) is 12.5. The van der Waals surface area contributed by atoms with Crippen molar-refractivity contribution in [3.05, 3.63) is 59.7 Å². The molecule has 2 aliphatic rings. The van der Waals surface area contributed by atoms with Crippen LogP contribution in [0.4, 0.5) is 5.69 Å². The Morgan fingerprint density at radius 2 is 1.76 bits per heavy atom. The van der Waals surface area contributed by atoms with Gasteiger partial charge in [-0.2, -0.15) is 4.31 Å². The second kappa shape index (κ2) is 7.92. The number of piperidine rings is 1. The maximum Gasteiger partial charge on any atom is 0.243 e. The number of sulfonamides is 1. The molecule has 2 aliphatic heterocycles.